The van der Waals surface area contributed by atoms with Gasteiger partial charge in [-0.2, -0.15) is 0 Å². The highest BCUT2D eigenvalue weighted by Gasteiger charge is 2.40. The molecule has 1 aromatic heterocycles. The minimum atomic E-state index is -2.96. The Kier molecular flexibility index (Phi) is 3.25. The first-order chi connectivity index (χ1) is 9.28. The van der Waals surface area contributed by atoms with E-state index in [0.29, 0.717) is 25.6 Å². The molecule has 2 fully saturated rings. The predicted molar refractivity (Wildman–Crippen MR) is 78.4 cm³/mol. The summed E-state index contributed by atoms with van der Waals surface area (Å²) >= 11 is 0. The number of rotatable bonds is 3. The topological polar surface area (TPSA) is 50.5 Å². The summed E-state index contributed by atoms with van der Waals surface area (Å²) in [5.41, 5.74) is 0. The SMILES string of the molecule is C[C@H]1C[C@H]1c1ccc(CN2CCS(=O)(=O)C(C)(C)C2)o1. The third kappa shape index (κ3) is 2.53. The van der Waals surface area contributed by atoms with Crippen molar-refractivity contribution in [3.63, 3.8) is 0 Å². The van der Waals surface area contributed by atoms with Gasteiger partial charge in [0.25, 0.3) is 0 Å². The zero-order chi connectivity index (χ0) is 14.5. The fourth-order valence-corrected chi connectivity index (χ4v) is 4.42. The third-order valence-corrected chi connectivity index (χ3v) is 7.19. The average Bonchev–Trinajstić information content (AvgIpc) is 2.88. The molecule has 5 heteroatoms. The molecule has 1 saturated carbocycles. The van der Waals surface area contributed by atoms with Crippen LogP contribution in [0.5, 0.6) is 0 Å². The molecule has 0 radical (unpaired) electrons. The van der Waals surface area contributed by atoms with E-state index in [-0.39, 0.29) is 5.75 Å². The van der Waals surface area contributed by atoms with Gasteiger partial charge >= 0.3 is 0 Å². The maximum absolute atomic E-state index is 12.0. The Morgan fingerprint density at radius 2 is 2.10 bits per heavy atom. The first-order valence-corrected chi connectivity index (χ1v) is 8.97. The molecule has 3 rings (SSSR count). The maximum atomic E-state index is 12.0. The minimum absolute atomic E-state index is 0.243. The van der Waals surface area contributed by atoms with Crippen molar-refractivity contribution in [2.45, 2.75) is 44.4 Å². The van der Waals surface area contributed by atoms with Gasteiger partial charge in [0, 0.05) is 19.0 Å². The molecule has 4 nitrogen and oxygen atoms in total. The first kappa shape index (κ1) is 14.1. The van der Waals surface area contributed by atoms with Crippen LogP contribution in [0.4, 0.5) is 0 Å². The van der Waals surface area contributed by atoms with E-state index in [2.05, 4.69) is 17.9 Å². The van der Waals surface area contributed by atoms with Crippen LogP contribution >= 0.6 is 0 Å². The van der Waals surface area contributed by atoms with Crippen molar-refractivity contribution in [2.24, 2.45) is 5.92 Å². The standard InChI is InChI=1S/C15H23NO3S/c1-11-8-13(11)14-5-4-12(19-14)9-16-6-7-20(17,18)15(2,3)10-16/h4-5,11,13H,6-10H2,1-3H3/t11-,13+/m0/s1. The molecule has 20 heavy (non-hydrogen) atoms. The Morgan fingerprint density at radius 1 is 1.40 bits per heavy atom. The fourth-order valence-electron chi connectivity index (χ4n) is 2.99. The molecule has 0 aromatic carbocycles. The summed E-state index contributed by atoms with van der Waals surface area (Å²) in [7, 11) is -2.96. The van der Waals surface area contributed by atoms with E-state index >= 15 is 0 Å². The zero-order valence-electron chi connectivity index (χ0n) is 12.4. The largest absolute Gasteiger partial charge is 0.464 e. The zero-order valence-corrected chi connectivity index (χ0v) is 13.2. The summed E-state index contributed by atoms with van der Waals surface area (Å²) < 4.78 is 29.2. The summed E-state index contributed by atoms with van der Waals surface area (Å²) in [5.74, 6) is 3.63. The van der Waals surface area contributed by atoms with Gasteiger partial charge in [-0.15, -0.1) is 0 Å². The average molecular weight is 297 g/mol. The van der Waals surface area contributed by atoms with E-state index in [1.54, 1.807) is 0 Å². The van der Waals surface area contributed by atoms with E-state index in [1.165, 1.54) is 6.42 Å². The third-order valence-electron chi connectivity index (χ3n) is 4.66. The lowest BCUT2D eigenvalue weighted by molar-refractivity contribution is 0.222. The Balaban J connectivity index is 1.65. The van der Waals surface area contributed by atoms with Gasteiger partial charge in [-0.3, -0.25) is 4.90 Å². The van der Waals surface area contributed by atoms with Crippen molar-refractivity contribution in [1.29, 1.82) is 0 Å². The van der Waals surface area contributed by atoms with Gasteiger partial charge in [0.2, 0.25) is 0 Å². The molecule has 2 atom stereocenters. The van der Waals surface area contributed by atoms with Gasteiger partial charge in [-0.05, 0) is 38.3 Å². The second-order valence-electron chi connectivity index (χ2n) is 6.91. The van der Waals surface area contributed by atoms with Crippen molar-refractivity contribution >= 4 is 9.84 Å². The van der Waals surface area contributed by atoms with E-state index in [9.17, 15) is 8.42 Å². The molecule has 0 N–H and O–H groups in total. The normalized spacial score (nSPS) is 32.1. The van der Waals surface area contributed by atoms with Crippen LogP contribution in [0.2, 0.25) is 0 Å². The van der Waals surface area contributed by atoms with Crippen LogP contribution in [0.25, 0.3) is 0 Å². The first-order valence-electron chi connectivity index (χ1n) is 7.32. The molecule has 1 aromatic rings. The van der Waals surface area contributed by atoms with E-state index < -0.39 is 14.6 Å². The summed E-state index contributed by atoms with van der Waals surface area (Å²) in [4.78, 5) is 2.18. The van der Waals surface area contributed by atoms with Crippen LogP contribution in [0.15, 0.2) is 16.5 Å². The van der Waals surface area contributed by atoms with Crippen molar-refractivity contribution in [3.8, 4) is 0 Å². The van der Waals surface area contributed by atoms with Gasteiger partial charge in [-0.25, -0.2) is 8.42 Å². The van der Waals surface area contributed by atoms with Gasteiger partial charge < -0.3 is 4.42 Å². The quantitative estimate of drug-likeness (QED) is 0.859. The molecule has 2 aliphatic rings. The van der Waals surface area contributed by atoms with Crippen molar-refractivity contribution in [2.75, 3.05) is 18.8 Å². The van der Waals surface area contributed by atoms with Crippen LogP contribution in [-0.2, 0) is 16.4 Å². The van der Waals surface area contributed by atoms with Crippen molar-refractivity contribution in [3.05, 3.63) is 23.7 Å². The van der Waals surface area contributed by atoms with Crippen LogP contribution in [0.1, 0.15) is 44.6 Å². The molecule has 1 aliphatic heterocycles. The van der Waals surface area contributed by atoms with Gasteiger partial charge in [0.1, 0.15) is 11.5 Å². The Labute approximate surface area is 121 Å². The molecule has 2 heterocycles. The molecule has 1 aliphatic carbocycles. The smallest absolute Gasteiger partial charge is 0.157 e. The Morgan fingerprint density at radius 3 is 2.70 bits per heavy atom. The van der Waals surface area contributed by atoms with Crippen LogP contribution in [-0.4, -0.2) is 36.9 Å². The molecule has 0 spiro atoms. The lowest BCUT2D eigenvalue weighted by Crippen LogP contribution is -2.52. The Hall–Kier alpha value is -0.810. The van der Waals surface area contributed by atoms with Gasteiger partial charge in [-0.1, -0.05) is 6.92 Å². The second kappa shape index (κ2) is 4.60. The van der Waals surface area contributed by atoms with Crippen LogP contribution in [0, 0.1) is 5.92 Å². The number of furan rings is 1. The van der Waals surface area contributed by atoms with E-state index in [1.807, 2.05) is 19.9 Å². The molecule has 0 bridgehead atoms. The summed E-state index contributed by atoms with van der Waals surface area (Å²) in [6, 6.07) is 4.12. The number of hydrogen-bond acceptors (Lipinski definition) is 4. The molecular formula is C15H23NO3S. The van der Waals surface area contributed by atoms with Crippen LogP contribution < -0.4 is 0 Å². The second-order valence-corrected chi connectivity index (χ2v) is 9.66. The molecule has 112 valence electrons. The van der Waals surface area contributed by atoms with Gasteiger partial charge in [0.05, 0.1) is 17.0 Å². The molecule has 0 unspecified atom stereocenters. The number of nitrogens with zero attached hydrogens (tertiary/aromatic N) is 1. The molecule has 0 amide bonds. The van der Waals surface area contributed by atoms with Crippen molar-refractivity contribution in [1.82, 2.24) is 4.90 Å². The van der Waals surface area contributed by atoms with Crippen molar-refractivity contribution < 1.29 is 12.8 Å². The number of hydrogen-bond donors (Lipinski definition) is 0. The number of sulfone groups is 1. The predicted octanol–water partition coefficient (Wildman–Crippen LogP) is 2.41. The summed E-state index contributed by atoms with van der Waals surface area (Å²) in [5, 5.41) is 0. The molecule has 1 saturated heterocycles. The minimum Gasteiger partial charge on any atom is -0.464 e. The lowest BCUT2D eigenvalue weighted by atomic mass is 10.2. The lowest BCUT2D eigenvalue weighted by Gasteiger charge is -2.37. The molecular weight excluding hydrogens is 274 g/mol. The Bertz CT molecular complexity index is 602. The van der Waals surface area contributed by atoms with E-state index in [0.717, 1.165) is 17.4 Å². The van der Waals surface area contributed by atoms with E-state index in [4.69, 9.17) is 4.42 Å². The van der Waals surface area contributed by atoms with Crippen LogP contribution in [0.3, 0.4) is 0 Å². The highest BCUT2D eigenvalue weighted by atomic mass is 32.2. The highest BCUT2D eigenvalue weighted by Crippen LogP contribution is 2.47. The monoisotopic (exact) mass is 297 g/mol. The van der Waals surface area contributed by atoms with Gasteiger partial charge in [0.15, 0.2) is 9.84 Å². The summed E-state index contributed by atoms with van der Waals surface area (Å²) in [6.07, 6.45) is 1.22. The fraction of sp³-hybridized carbons (Fsp3) is 0.733. The maximum Gasteiger partial charge on any atom is 0.157 e. The highest BCUT2D eigenvalue weighted by molar-refractivity contribution is 7.92. The summed E-state index contributed by atoms with van der Waals surface area (Å²) in [6.45, 7) is 7.75.